The Hall–Kier alpha value is -1.32. The van der Waals surface area contributed by atoms with E-state index in [1.165, 1.54) is 19.3 Å². The van der Waals surface area contributed by atoms with Crippen LogP contribution in [0, 0.1) is 10.8 Å². The summed E-state index contributed by atoms with van der Waals surface area (Å²) in [5.41, 5.74) is 0.785. The third-order valence-electron chi connectivity index (χ3n) is 4.70. The quantitative estimate of drug-likeness (QED) is 0.905. The summed E-state index contributed by atoms with van der Waals surface area (Å²) in [5, 5.41) is 6.96. The van der Waals surface area contributed by atoms with Crippen LogP contribution in [-0.2, 0) is 5.41 Å². The predicted molar refractivity (Wildman–Crippen MR) is 87.9 cm³/mol. The van der Waals surface area contributed by atoms with E-state index < -0.39 is 0 Å². The second-order valence-corrected chi connectivity index (χ2v) is 9.01. The number of carbonyl (C=O) groups excluding carboxylic acids is 1. The molecule has 0 bridgehead atoms. The summed E-state index contributed by atoms with van der Waals surface area (Å²) in [6.45, 7) is 13.7. The molecule has 0 spiro atoms. The zero-order chi connectivity index (χ0) is 16.6. The number of hydrogen-bond acceptors (Lipinski definition) is 3. The SMILES string of the molecule is CC1(C)CCCC(C)(CNC(=O)c2cc(C(C)(C)C)on2)C1. The van der Waals surface area contributed by atoms with Crippen molar-refractivity contribution in [2.24, 2.45) is 10.8 Å². The average molecular weight is 306 g/mol. The van der Waals surface area contributed by atoms with Gasteiger partial charge in [-0.05, 0) is 30.1 Å². The molecule has 0 aliphatic heterocycles. The lowest BCUT2D eigenvalue weighted by atomic mass is 9.64. The number of amides is 1. The minimum atomic E-state index is -0.135. The summed E-state index contributed by atoms with van der Waals surface area (Å²) in [4.78, 5) is 12.3. The molecule has 1 heterocycles. The maximum Gasteiger partial charge on any atom is 0.273 e. The van der Waals surface area contributed by atoms with Gasteiger partial charge >= 0.3 is 0 Å². The Morgan fingerprint density at radius 3 is 2.55 bits per heavy atom. The minimum Gasteiger partial charge on any atom is -0.360 e. The molecule has 0 aromatic carbocycles. The highest BCUT2D eigenvalue weighted by atomic mass is 16.5. The highest BCUT2D eigenvalue weighted by Gasteiger charge is 2.36. The summed E-state index contributed by atoms with van der Waals surface area (Å²) < 4.78 is 5.29. The summed E-state index contributed by atoms with van der Waals surface area (Å²) in [5.74, 6) is 0.603. The van der Waals surface area contributed by atoms with Crippen LogP contribution in [0.25, 0.3) is 0 Å². The highest BCUT2D eigenvalue weighted by Crippen LogP contribution is 2.45. The van der Waals surface area contributed by atoms with Gasteiger partial charge in [0.05, 0.1) is 0 Å². The van der Waals surface area contributed by atoms with Crippen molar-refractivity contribution in [3.05, 3.63) is 17.5 Å². The lowest BCUT2D eigenvalue weighted by Gasteiger charge is -2.42. The first kappa shape index (κ1) is 17.0. The first-order valence-electron chi connectivity index (χ1n) is 8.26. The molecule has 1 N–H and O–H groups in total. The van der Waals surface area contributed by atoms with Crippen molar-refractivity contribution < 1.29 is 9.32 Å². The fourth-order valence-corrected chi connectivity index (χ4v) is 3.60. The molecule has 1 amide bonds. The number of aromatic nitrogens is 1. The maximum atomic E-state index is 12.3. The van der Waals surface area contributed by atoms with Crippen LogP contribution in [-0.4, -0.2) is 17.6 Å². The molecule has 1 fully saturated rings. The van der Waals surface area contributed by atoms with Gasteiger partial charge in [-0.15, -0.1) is 0 Å². The van der Waals surface area contributed by atoms with Crippen LogP contribution in [0.2, 0.25) is 0 Å². The van der Waals surface area contributed by atoms with Gasteiger partial charge in [-0.2, -0.15) is 0 Å². The van der Waals surface area contributed by atoms with E-state index in [9.17, 15) is 4.79 Å². The van der Waals surface area contributed by atoms with Gasteiger partial charge in [-0.1, -0.05) is 53.1 Å². The smallest absolute Gasteiger partial charge is 0.273 e. The van der Waals surface area contributed by atoms with E-state index in [4.69, 9.17) is 4.52 Å². The van der Waals surface area contributed by atoms with E-state index in [1.807, 2.05) is 20.8 Å². The molecule has 1 aromatic heterocycles. The van der Waals surface area contributed by atoms with Crippen LogP contribution < -0.4 is 5.32 Å². The number of hydrogen-bond donors (Lipinski definition) is 1. The number of carbonyl (C=O) groups is 1. The normalized spacial score (nSPS) is 25.0. The van der Waals surface area contributed by atoms with Crippen molar-refractivity contribution in [3.8, 4) is 0 Å². The molecule has 22 heavy (non-hydrogen) atoms. The lowest BCUT2D eigenvalue weighted by Crippen LogP contribution is -2.41. The molecular weight excluding hydrogens is 276 g/mol. The van der Waals surface area contributed by atoms with Gasteiger partial charge < -0.3 is 9.84 Å². The Morgan fingerprint density at radius 2 is 2.00 bits per heavy atom. The molecule has 1 aliphatic rings. The number of nitrogens with one attached hydrogen (secondary N) is 1. The Labute approximate surface area is 134 Å². The van der Waals surface area contributed by atoms with E-state index in [2.05, 4.69) is 31.2 Å². The van der Waals surface area contributed by atoms with Crippen LogP contribution in [0.15, 0.2) is 10.6 Å². The highest BCUT2D eigenvalue weighted by molar-refractivity contribution is 5.92. The van der Waals surface area contributed by atoms with Crippen LogP contribution in [0.4, 0.5) is 0 Å². The Morgan fingerprint density at radius 1 is 1.32 bits per heavy atom. The Kier molecular flexibility index (Phi) is 4.42. The fraction of sp³-hybridized carbons (Fsp3) is 0.778. The summed E-state index contributed by atoms with van der Waals surface area (Å²) in [6.07, 6.45) is 4.82. The molecule has 124 valence electrons. The summed E-state index contributed by atoms with van der Waals surface area (Å²) in [6, 6.07) is 1.75. The van der Waals surface area contributed by atoms with Crippen molar-refractivity contribution in [2.45, 2.75) is 72.6 Å². The number of rotatable bonds is 3. The average Bonchev–Trinajstić information content (AvgIpc) is 2.84. The Balaban J connectivity index is 1.96. The van der Waals surface area contributed by atoms with E-state index in [0.717, 1.165) is 12.2 Å². The van der Waals surface area contributed by atoms with E-state index in [1.54, 1.807) is 6.07 Å². The second kappa shape index (κ2) is 5.71. The van der Waals surface area contributed by atoms with Crippen molar-refractivity contribution in [1.82, 2.24) is 10.5 Å². The molecule has 1 unspecified atom stereocenters. The first-order chi connectivity index (χ1) is 10.0. The standard InChI is InChI=1S/C18H30N2O2/c1-16(2,3)14-10-13(20-22-14)15(21)19-12-18(6)9-7-8-17(4,5)11-18/h10H,7-9,11-12H2,1-6H3,(H,19,21). The number of nitrogens with zero attached hydrogens (tertiary/aromatic N) is 1. The second-order valence-electron chi connectivity index (χ2n) is 9.01. The summed E-state index contributed by atoms with van der Waals surface area (Å²) in [7, 11) is 0. The molecule has 1 aromatic rings. The molecule has 1 saturated carbocycles. The molecule has 4 heteroatoms. The van der Waals surface area contributed by atoms with E-state index >= 15 is 0 Å². The monoisotopic (exact) mass is 306 g/mol. The lowest BCUT2D eigenvalue weighted by molar-refractivity contribution is 0.0798. The molecule has 1 atom stereocenters. The van der Waals surface area contributed by atoms with Gasteiger partial charge in [-0.25, -0.2) is 0 Å². The van der Waals surface area contributed by atoms with Crippen LogP contribution >= 0.6 is 0 Å². The maximum absolute atomic E-state index is 12.3. The van der Waals surface area contributed by atoms with Gasteiger partial charge in [0.2, 0.25) is 0 Å². The fourth-order valence-electron chi connectivity index (χ4n) is 3.60. The van der Waals surface area contributed by atoms with Crippen molar-refractivity contribution >= 4 is 5.91 Å². The molecule has 0 saturated heterocycles. The molecule has 4 nitrogen and oxygen atoms in total. The molecule has 2 rings (SSSR count). The zero-order valence-corrected chi connectivity index (χ0v) is 14.9. The Bertz CT molecular complexity index is 540. The zero-order valence-electron chi connectivity index (χ0n) is 14.9. The van der Waals surface area contributed by atoms with E-state index in [0.29, 0.717) is 17.7 Å². The third kappa shape index (κ3) is 4.11. The predicted octanol–water partition coefficient (Wildman–Crippen LogP) is 4.31. The molecule has 0 radical (unpaired) electrons. The topological polar surface area (TPSA) is 55.1 Å². The van der Waals surface area contributed by atoms with Gasteiger partial charge in [-0.3, -0.25) is 4.79 Å². The van der Waals surface area contributed by atoms with Crippen molar-refractivity contribution in [1.29, 1.82) is 0 Å². The van der Waals surface area contributed by atoms with Gasteiger partial charge in [0.15, 0.2) is 5.69 Å². The largest absolute Gasteiger partial charge is 0.360 e. The van der Waals surface area contributed by atoms with Crippen molar-refractivity contribution in [2.75, 3.05) is 6.54 Å². The van der Waals surface area contributed by atoms with Gasteiger partial charge in [0.25, 0.3) is 5.91 Å². The summed E-state index contributed by atoms with van der Waals surface area (Å²) >= 11 is 0. The molecular formula is C18H30N2O2. The van der Waals surface area contributed by atoms with Crippen LogP contribution in [0.3, 0.4) is 0 Å². The van der Waals surface area contributed by atoms with Crippen LogP contribution in [0.5, 0.6) is 0 Å². The van der Waals surface area contributed by atoms with Crippen molar-refractivity contribution in [3.63, 3.8) is 0 Å². The van der Waals surface area contributed by atoms with Gasteiger partial charge in [0, 0.05) is 18.0 Å². The molecule has 1 aliphatic carbocycles. The minimum absolute atomic E-state index is 0.134. The third-order valence-corrected chi connectivity index (χ3v) is 4.70. The van der Waals surface area contributed by atoms with E-state index in [-0.39, 0.29) is 16.7 Å². The van der Waals surface area contributed by atoms with Crippen LogP contribution in [0.1, 0.15) is 83.5 Å². The van der Waals surface area contributed by atoms with Gasteiger partial charge in [0.1, 0.15) is 5.76 Å². The first-order valence-corrected chi connectivity index (χ1v) is 8.26.